The topological polar surface area (TPSA) is 67.9 Å². The Balaban J connectivity index is 1.95. The number of hydrogen-bond acceptors (Lipinski definition) is 5. The molecule has 3 rings (SSSR count). The van der Waals surface area contributed by atoms with E-state index in [-0.39, 0.29) is 10.7 Å². The monoisotopic (exact) mass is 416 g/mol. The molecule has 0 aromatic heterocycles. The van der Waals surface area contributed by atoms with Crippen LogP contribution in [0.15, 0.2) is 48.0 Å². The van der Waals surface area contributed by atoms with Gasteiger partial charge in [-0.25, -0.2) is 0 Å². The Labute approximate surface area is 172 Å². The molecule has 2 amide bonds. The van der Waals surface area contributed by atoms with Gasteiger partial charge in [-0.05, 0) is 67.2 Å². The van der Waals surface area contributed by atoms with Crippen LogP contribution in [0.2, 0.25) is 5.02 Å². The van der Waals surface area contributed by atoms with E-state index in [0.29, 0.717) is 34.4 Å². The van der Waals surface area contributed by atoms with E-state index in [1.54, 1.807) is 49.6 Å². The number of nitrogens with one attached hydrogen (secondary N) is 1. The molecule has 0 saturated carbocycles. The summed E-state index contributed by atoms with van der Waals surface area (Å²) in [5, 5.41) is 2.95. The lowest BCUT2D eigenvalue weighted by molar-refractivity contribution is -0.122. The normalized spacial score (nSPS) is 15.6. The Morgan fingerprint density at radius 2 is 1.89 bits per heavy atom. The van der Waals surface area contributed by atoms with E-state index in [1.165, 1.54) is 11.0 Å². The summed E-state index contributed by atoms with van der Waals surface area (Å²) in [6, 6.07) is 11.8. The SMILES string of the molecule is CCOc1ccc(/C=C2\C(=O)NC(=S)N(c3ccc(OC)cc3)C2=O)cc1Cl. The first-order valence-corrected chi connectivity index (χ1v) is 9.21. The minimum Gasteiger partial charge on any atom is -0.497 e. The summed E-state index contributed by atoms with van der Waals surface area (Å²) < 4.78 is 10.5. The second-order valence-corrected chi connectivity index (χ2v) is 6.57. The predicted octanol–water partition coefficient (Wildman–Crippen LogP) is 3.58. The number of carbonyl (C=O) groups is 2. The molecule has 1 fully saturated rings. The molecule has 1 saturated heterocycles. The largest absolute Gasteiger partial charge is 0.497 e. The molecule has 0 bridgehead atoms. The number of rotatable bonds is 5. The predicted molar refractivity (Wildman–Crippen MR) is 112 cm³/mol. The van der Waals surface area contributed by atoms with Gasteiger partial charge in [0, 0.05) is 0 Å². The van der Waals surface area contributed by atoms with E-state index in [4.69, 9.17) is 33.3 Å². The molecular formula is C20H17ClN2O4S. The maximum atomic E-state index is 13.0. The molecule has 144 valence electrons. The fraction of sp³-hybridized carbons (Fsp3) is 0.150. The molecule has 1 aliphatic rings. The number of benzene rings is 2. The Bertz CT molecular complexity index is 973. The van der Waals surface area contributed by atoms with E-state index < -0.39 is 11.8 Å². The summed E-state index contributed by atoms with van der Waals surface area (Å²) in [6.07, 6.45) is 1.47. The molecule has 1 aliphatic heterocycles. The number of ether oxygens (including phenoxy) is 2. The molecule has 8 heteroatoms. The number of methoxy groups -OCH3 is 1. The fourth-order valence-electron chi connectivity index (χ4n) is 2.67. The van der Waals surface area contributed by atoms with Crippen LogP contribution in [0.4, 0.5) is 5.69 Å². The van der Waals surface area contributed by atoms with Crippen LogP contribution in [0, 0.1) is 0 Å². The number of anilines is 1. The van der Waals surface area contributed by atoms with E-state index in [1.807, 2.05) is 6.92 Å². The van der Waals surface area contributed by atoms with Crippen LogP contribution in [0.25, 0.3) is 6.08 Å². The number of amides is 2. The highest BCUT2D eigenvalue weighted by atomic mass is 35.5. The van der Waals surface area contributed by atoms with Gasteiger partial charge in [-0.2, -0.15) is 0 Å². The summed E-state index contributed by atoms with van der Waals surface area (Å²) in [6.45, 7) is 2.34. The van der Waals surface area contributed by atoms with Gasteiger partial charge in [0.15, 0.2) is 5.11 Å². The zero-order valence-electron chi connectivity index (χ0n) is 15.2. The first-order valence-electron chi connectivity index (χ1n) is 8.42. The van der Waals surface area contributed by atoms with Crippen LogP contribution in [0.1, 0.15) is 12.5 Å². The van der Waals surface area contributed by atoms with Crippen molar-refractivity contribution in [1.82, 2.24) is 5.32 Å². The van der Waals surface area contributed by atoms with Crippen LogP contribution in [0.5, 0.6) is 11.5 Å². The Morgan fingerprint density at radius 3 is 2.50 bits per heavy atom. The van der Waals surface area contributed by atoms with Crippen molar-refractivity contribution in [2.24, 2.45) is 0 Å². The number of carbonyl (C=O) groups excluding carboxylic acids is 2. The molecule has 0 atom stereocenters. The van der Waals surface area contributed by atoms with Crippen molar-refractivity contribution in [1.29, 1.82) is 0 Å². The summed E-state index contributed by atoms with van der Waals surface area (Å²) in [7, 11) is 1.55. The fourth-order valence-corrected chi connectivity index (χ4v) is 3.19. The lowest BCUT2D eigenvalue weighted by Gasteiger charge is -2.29. The molecule has 2 aromatic carbocycles. The third-order valence-corrected chi connectivity index (χ3v) is 4.58. The van der Waals surface area contributed by atoms with E-state index in [9.17, 15) is 9.59 Å². The van der Waals surface area contributed by atoms with Crippen molar-refractivity contribution >= 4 is 52.5 Å². The van der Waals surface area contributed by atoms with Crippen LogP contribution < -0.4 is 19.7 Å². The van der Waals surface area contributed by atoms with E-state index >= 15 is 0 Å². The molecule has 1 heterocycles. The quantitative estimate of drug-likeness (QED) is 0.458. The van der Waals surface area contributed by atoms with Gasteiger partial charge in [-0.1, -0.05) is 17.7 Å². The molecule has 6 nitrogen and oxygen atoms in total. The zero-order valence-corrected chi connectivity index (χ0v) is 16.8. The van der Waals surface area contributed by atoms with Gasteiger partial charge in [-0.3, -0.25) is 19.8 Å². The smallest absolute Gasteiger partial charge is 0.270 e. The van der Waals surface area contributed by atoms with Crippen LogP contribution in [-0.4, -0.2) is 30.6 Å². The Kier molecular flexibility index (Phi) is 5.96. The maximum Gasteiger partial charge on any atom is 0.270 e. The first-order chi connectivity index (χ1) is 13.4. The van der Waals surface area contributed by atoms with Gasteiger partial charge in [0.05, 0.1) is 24.4 Å². The Hall–Kier alpha value is -2.90. The highest BCUT2D eigenvalue weighted by Crippen LogP contribution is 2.28. The minimum absolute atomic E-state index is 0.0158. The van der Waals surface area contributed by atoms with Crippen molar-refractivity contribution in [3.63, 3.8) is 0 Å². The van der Waals surface area contributed by atoms with E-state index in [0.717, 1.165) is 0 Å². The summed E-state index contributed by atoms with van der Waals surface area (Å²) in [5.41, 5.74) is 1.06. The highest BCUT2D eigenvalue weighted by molar-refractivity contribution is 7.80. The molecule has 0 radical (unpaired) electrons. The lowest BCUT2D eigenvalue weighted by Crippen LogP contribution is -2.54. The summed E-state index contributed by atoms with van der Waals surface area (Å²) in [5.74, 6) is 0.0865. The molecule has 2 aromatic rings. The van der Waals surface area contributed by atoms with Crippen molar-refractivity contribution in [3.05, 3.63) is 58.6 Å². The average molecular weight is 417 g/mol. The van der Waals surface area contributed by atoms with Gasteiger partial charge in [0.2, 0.25) is 0 Å². The number of hydrogen-bond donors (Lipinski definition) is 1. The van der Waals surface area contributed by atoms with Crippen molar-refractivity contribution in [2.75, 3.05) is 18.6 Å². The third kappa shape index (κ3) is 4.00. The molecule has 1 N–H and O–H groups in total. The van der Waals surface area contributed by atoms with Gasteiger partial charge in [0.1, 0.15) is 17.1 Å². The average Bonchev–Trinajstić information content (AvgIpc) is 2.67. The number of halogens is 1. The first kappa shape index (κ1) is 19.9. The second-order valence-electron chi connectivity index (χ2n) is 5.78. The van der Waals surface area contributed by atoms with Crippen LogP contribution >= 0.6 is 23.8 Å². The van der Waals surface area contributed by atoms with E-state index in [2.05, 4.69) is 5.32 Å². The van der Waals surface area contributed by atoms with Crippen LogP contribution in [0.3, 0.4) is 0 Å². The van der Waals surface area contributed by atoms with Crippen molar-refractivity contribution < 1.29 is 19.1 Å². The van der Waals surface area contributed by atoms with Crippen LogP contribution in [-0.2, 0) is 9.59 Å². The molecular weight excluding hydrogens is 400 g/mol. The highest BCUT2D eigenvalue weighted by Gasteiger charge is 2.34. The maximum absolute atomic E-state index is 13.0. The van der Waals surface area contributed by atoms with Gasteiger partial charge in [-0.15, -0.1) is 0 Å². The molecule has 0 unspecified atom stereocenters. The van der Waals surface area contributed by atoms with Crippen molar-refractivity contribution in [3.8, 4) is 11.5 Å². The zero-order chi connectivity index (χ0) is 20.3. The van der Waals surface area contributed by atoms with Gasteiger partial charge in [0.25, 0.3) is 11.8 Å². The lowest BCUT2D eigenvalue weighted by atomic mass is 10.1. The summed E-state index contributed by atoms with van der Waals surface area (Å²) in [4.78, 5) is 26.6. The van der Waals surface area contributed by atoms with Gasteiger partial charge >= 0.3 is 0 Å². The van der Waals surface area contributed by atoms with Gasteiger partial charge < -0.3 is 9.47 Å². The summed E-state index contributed by atoms with van der Waals surface area (Å²) >= 11 is 11.4. The third-order valence-electron chi connectivity index (χ3n) is 4.00. The minimum atomic E-state index is -0.565. The molecule has 0 aliphatic carbocycles. The van der Waals surface area contributed by atoms with Crippen molar-refractivity contribution in [2.45, 2.75) is 6.92 Å². The number of nitrogens with zero attached hydrogens (tertiary/aromatic N) is 1. The number of thiocarbonyl (C=S) groups is 1. The molecule has 0 spiro atoms. The Morgan fingerprint density at radius 1 is 1.18 bits per heavy atom. The molecule has 28 heavy (non-hydrogen) atoms. The standard InChI is InChI=1S/C20H17ClN2O4S/c1-3-27-17-9-4-12(11-16(17)21)10-15-18(24)22-20(28)23(19(15)25)13-5-7-14(26-2)8-6-13/h4-11H,3H2,1-2H3,(H,22,24,28)/b15-10+. The second kappa shape index (κ2) is 8.41.